The molecule has 0 radical (unpaired) electrons. The predicted octanol–water partition coefficient (Wildman–Crippen LogP) is 2.37. The highest BCUT2D eigenvalue weighted by atomic mass is 35.5. The predicted molar refractivity (Wildman–Crippen MR) is 104 cm³/mol. The van der Waals surface area contributed by atoms with Crippen molar-refractivity contribution in [3.05, 3.63) is 45.1 Å². The topological polar surface area (TPSA) is 113 Å². The maximum Gasteiger partial charge on any atom is 0.262 e. The molecule has 1 aliphatic heterocycles. The third-order valence-electron chi connectivity index (χ3n) is 4.36. The first-order chi connectivity index (χ1) is 13.6. The number of halogens is 2. The van der Waals surface area contributed by atoms with E-state index in [9.17, 15) is 19.2 Å². The van der Waals surface area contributed by atoms with Crippen LogP contribution >= 0.6 is 23.2 Å². The second kappa shape index (κ2) is 7.84. The summed E-state index contributed by atoms with van der Waals surface area (Å²) in [5, 5.41) is 6.38. The lowest BCUT2D eigenvalue weighted by Crippen LogP contribution is -2.49. The van der Waals surface area contributed by atoms with Gasteiger partial charge in [0, 0.05) is 13.1 Å². The number of nitrogens with one attached hydrogen (secondary N) is 1. The number of nitrogens with zero attached hydrogens (tertiary/aromatic N) is 3. The van der Waals surface area contributed by atoms with E-state index in [4.69, 9.17) is 27.7 Å². The van der Waals surface area contributed by atoms with Crippen molar-refractivity contribution < 1.29 is 23.7 Å². The lowest BCUT2D eigenvalue weighted by Gasteiger charge is -2.26. The van der Waals surface area contributed by atoms with Crippen molar-refractivity contribution in [2.24, 2.45) is 0 Å². The number of imide groups is 1. The van der Waals surface area contributed by atoms with E-state index in [0.717, 1.165) is 9.80 Å². The van der Waals surface area contributed by atoms with E-state index in [1.165, 1.54) is 32.2 Å². The number of carbonyl (C=O) groups excluding carboxylic acids is 4. The lowest BCUT2D eigenvalue weighted by molar-refractivity contribution is -0.136. The molecule has 0 bridgehead atoms. The quantitative estimate of drug-likeness (QED) is 0.716. The molecule has 11 heteroatoms. The highest BCUT2D eigenvalue weighted by molar-refractivity contribution is 6.43. The Morgan fingerprint density at radius 3 is 2.21 bits per heavy atom. The number of rotatable bonds is 5. The minimum Gasteiger partial charge on any atom is -0.360 e. The van der Waals surface area contributed by atoms with Gasteiger partial charge >= 0.3 is 0 Å². The highest BCUT2D eigenvalue weighted by Crippen LogP contribution is 2.32. The van der Waals surface area contributed by atoms with Crippen molar-refractivity contribution in [1.82, 2.24) is 15.0 Å². The molecule has 2 aromatic rings. The van der Waals surface area contributed by atoms with Crippen LogP contribution in [0.3, 0.4) is 0 Å². The molecule has 0 aliphatic carbocycles. The van der Waals surface area contributed by atoms with E-state index in [1.807, 2.05) is 0 Å². The Kier molecular flexibility index (Phi) is 5.63. The van der Waals surface area contributed by atoms with Crippen molar-refractivity contribution in [3.63, 3.8) is 0 Å². The van der Waals surface area contributed by atoms with Crippen LogP contribution in [0.5, 0.6) is 0 Å². The average molecular weight is 439 g/mol. The summed E-state index contributed by atoms with van der Waals surface area (Å²) in [4.78, 5) is 52.0. The van der Waals surface area contributed by atoms with E-state index >= 15 is 0 Å². The van der Waals surface area contributed by atoms with E-state index in [-0.39, 0.29) is 33.5 Å². The van der Waals surface area contributed by atoms with Crippen molar-refractivity contribution in [2.75, 3.05) is 18.9 Å². The summed E-state index contributed by atoms with van der Waals surface area (Å²) >= 11 is 11.9. The number of likely N-dealkylation sites (N-methyl/N-ethyl adjacent to an activating group) is 1. The van der Waals surface area contributed by atoms with Crippen molar-refractivity contribution in [3.8, 4) is 0 Å². The van der Waals surface area contributed by atoms with Crippen LogP contribution in [0.4, 0.5) is 5.82 Å². The number of benzene rings is 1. The van der Waals surface area contributed by atoms with Crippen LogP contribution in [0.15, 0.2) is 22.7 Å². The summed E-state index contributed by atoms with van der Waals surface area (Å²) in [6.07, 6.45) is 0. The summed E-state index contributed by atoms with van der Waals surface area (Å²) < 4.78 is 4.85. The number of aryl methyl sites for hydroxylation is 1. The van der Waals surface area contributed by atoms with Crippen LogP contribution in [0.2, 0.25) is 10.0 Å². The van der Waals surface area contributed by atoms with Gasteiger partial charge in [0.1, 0.15) is 11.8 Å². The Balaban J connectivity index is 1.70. The molecule has 9 nitrogen and oxygen atoms in total. The van der Waals surface area contributed by atoms with E-state index < -0.39 is 29.7 Å². The molecule has 2 heterocycles. The Labute approximate surface area is 175 Å². The molecule has 0 saturated heterocycles. The minimum absolute atomic E-state index is 0.0749. The number of fused-ring (bicyclic) bond motifs is 1. The standard InChI is InChI=1S/C18H16Cl2N4O5/c1-8-4-14(22-29-8)21-15(25)7-23(3)16(26)9(2)24-17(27)10-5-12(19)13(20)6-11(10)18(24)28/h4-6,9H,7H2,1-3H3,(H,21,22,25)/t9-/m0/s1. The molecule has 3 rings (SSSR count). The largest absolute Gasteiger partial charge is 0.360 e. The second-order valence-corrected chi connectivity index (χ2v) is 7.35. The summed E-state index contributed by atoms with van der Waals surface area (Å²) in [6.45, 7) is 2.76. The van der Waals surface area contributed by atoms with Crippen LogP contribution in [0, 0.1) is 6.92 Å². The van der Waals surface area contributed by atoms with Crippen LogP contribution in [-0.4, -0.2) is 58.2 Å². The number of anilines is 1. The maximum absolute atomic E-state index is 12.7. The van der Waals surface area contributed by atoms with Gasteiger partial charge in [-0.2, -0.15) is 0 Å². The van der Waals surface area contributed by atoms with Gasteiger partial charge in [-0.1, -0.05) is 28.4 Å². The molecule has 4 amide bonds. The molecule has 0 unspecified atom stereocenters. The Morgan fingerprint density at radius 2 is 1.72 bits per heavy atom. The van der Waals surface area contributed by atoms with Gasteiger partial charge < -0.3 is 14.7 Å². The zero-order valence-electron chi connectivity index (χ0n) is 15.7. The molecule has 29 heavy (non-hydrogen) atoms. The summed E-state index contributed by atoms with van der Waals surface area (Å²) in [5.41, 5.74) is 0.150. The van der Waals surface area contributed by atoms with E-state index in [1.54, 1.807) is 6.92 Å². The fourth-order valence-electron chi connectivity index (χ4n) is 2.93. The zero-order valence-corrected chi connectivity index (χ0v) is 17.2. The number of amides is 4. The Hall–Kier alpha value is -2.91. The third kappa shape index (κ3) is 3.96. The zero-order chi connectivity index (χ0) is 21.5. The fourth-order valence-corrected chi connectivity index (χ4v) is 3.26. The molecule has 0 fully saturated rings. The minimum atomic E-state index is -1.13. The van der Waals surface area contributed by atoms with Crippen molar-refractivity contribution >= 4 is 52.6 Å². The first-order valence-electron chi connectivity index (χ1n) is 8.45. The molecular weight excluding hydrogens is 423 g/mol. The van der Waals surface area contributed by atoms with Gasteiger partial charge in [0.15, 0.2) is 5.82 Å². The molecular formula is C18H16Cl2N4O5. The third-order valence-corrected chi connectivity index (χ3v) is 5.08. The number of hydrogen-bond acceptors (Lipinski definition) is 6. The van der Waals surface area contributed by atoms with Crippen molar-refractivity contribution in [1.29, 1.82) is 0 Å². The molecule has 1 atom stereocenters. The normalized spacial score (nSPS) is 14.0. The number of aromatic nitrogens is 1. The van der Waals surface area contributed by atoms with Gasteiger partial charge in [-0.15, -0.1) is 0 Å². The second-order valence-electron chi connectivity index (χ2n) is 6.53. The van der Waals surface area contributed by atoms with Crippen LogP contribution < -0.4 is 5.32 Å². The van der Waals surface area contributed by atoms with Gasteiger partial charge in [0.2, 0.25) is 11.8 Å². The van der Waals surface area contributed by atoms with Crippen LogP contribution in [0.1, 0.15) is 33.4 Å². The SMILES string of the molecule is Cc1cc(NC(=O)CN(C)C(=O)[C@H](C)N2C(=O)c3cc(Cl)c(Cl)cc3C2=O)no1. The van der Waals surface area contributed by atoms with Gasteiger partial charge in [0.05, 0.1) is 27.7 Å². The van der Waals surface area contributed by atoms with Crippen LogP contribution in [0.25, 0.3) is 0 Å². The molecule has 1 aromatic heterocycles. The molecule has 0 saturated carbocycles. The summed E-state index contributed by atoms with van der Waals surface area (Å²) in [6, 6.07) is 2.99. The molecule has 0 spiro atoms. The number of hydrogen-bond donors (Lipinski definition) is 1. The monoisotopic (exact) mass is 438 g/mol. The van der Waals surface area contributed by atoms with Crippen molar-refractivity contribution in [2.45, 2.75) is 19.9 Å². The van der Waals surface area contributed by atoms with E-state index in [2.05, 4.69) is 10.5 Å². The van der Waals surface area contributed by atoms with Gasteiger partial charge in [0.25, 0.3) is 11.8 Å². The lowest BCUT2D eigenvalue weighted by atomic mass is 10.1. The molecule has 1 N–H and O–H groups in total. The smallest absolute Gasteiger partial charge is 0.262 e. The van der Waals surface area contributed by atoms with Gasteiger partial charge in [-0.25, -0.2) is 0 Å². The van der Waals surface area contributed by atoms with Gasteiger partial charge in [-0.05, 0) is 26.0 Å². The highest BCUT2D eigenvalue weighted by Gasteiger charge is 2.42. The van der Waals surface area contributed by atoms with Gasteiger partial charge in [-0.3, -0.25) is 24.1 Å². The summed E-state index contributed by atoms with van der Waals surface area (Å²) in [5.74, 6) is -1.68. The maximum atomic E-state index is 12.7. The first kappa shape index (κ1) is 20.8. The molecule has 152 valence electrons. The van der Waals surface area contributed by atoms with E-state index in [0.29, 0.717) is 5.76 Å². The molecule has 1 aliphatic rings. The first-order valence-corrected chi connectivity index (χ1v) is 9.20. The Morgan fingerprint density at radius 1 is 1.17 bits per heavy atom. The number of carbonyl (C=O) groups is 4. The molecule has 1 aromatic carbocycles. The fraction of sp³-hybridized carbons (Fsp3) is 0.278. The van der Waals surface area contributed by atoms with Crippen LogP contribution in [-0.2, 0) is 9.59 Å². The average Bonchev–Trinajstić information content (AvgIpc) is 3.16. The Bertz CT molecular complexity index is 994. The summed E-state index contributed by atoms with van der Waals surface area (Å²) in [7, 11) is 1.39.